The Hall–Kier alpha value is -3.56. The number of aliphatic imine (C=N–C) groups is 1. The molecular formula is C27H23BrN2O5S. The van der Waals surface area contributed by atoms with Crippen LogP contribution in [0.4, 0.5) is 5.69 Å². The van der Waals surface area contributed by atoms with Crippen molar-refractivity contribution in [3.63, 3.8) is 0 Å². The van der Waals surface area contributed by atoms with Crippen LogP contribution in [-0.4, -0.2) is 40.8 Å². The quantitative estimate of drug-likeness (QED) is 0.335. The fourth-order valence-electron chi connectivity index (χ4n) is 3.47. The molecule has 1 heterocycles. The van der Waals surface area contributed by atoms with Gasteiger partial charge in [-0.05, 0) is 76.1 Å². The Balaban J connectivity index is 1.69. The van der Waals surface area contributed by atoms with Crippen LogP contribution in [0.15, 0.2) is 81.1 Å². The number of hydrogen-bond acceptors (Lipinski definition) is 6. The monoisotopic (exact) mass is 566 g/mol. The van der Waals surface area contributed by atoms with Crippen LogP contribution in [0.3, 0.4) is 0 Å². The van der Waals surface area contributed by atoms with Gasteiger partial charge >= 0.3 is 5.97 Å². The van der Waals surface area contributed by atoms with E-state index in [1.807, 2.05) is 61.5 Å². The minimum atomic E-state index is -1.10. The maximum Gasteiger partial charge on any atom is 0.341 e. The summed E-state index contributed by atoms with van der Waals surface area (Å²) >= 11 is 4.72. The number of aryl methyl sites for hydroxylation is 1. The largest absolute Gasteiger partial charge is 0.493 e. The number of thioether (sulfide) groups is 1. The van der Waals surface area contributed by atoms with Crippen molar-refractivity contribution in [2.45, 2.75) is 13.5 Å². The van der Waals surface area contributed by atoms with Gasteiger partial charge in [0.1, 0.15) is 0 Å². The smallest absolute Gasteiger partial charge is 0.341 e. The maximum absolute atomic E-state index is 13.5. The van der Waals surface area contributed by atoms with Gasteiger partial charge in [-0.3, -0.25) is 9.69 Å². The Labute approximate surface area is 221 Å². The summed E-state index contributed by atoms with van der Waals surface area (Å²) in [7, 11) is 1.47. The molecule has 0 aromatic heterocycles. The minimum absolute atomic E-state index is 0.156. The van der Waals surface area contributed by atoms with Gasteiger partial charge in [0.15, 0.2) is 23.3 Å². The molecule has 0 spiro atoms. The highest BCUT2D eigenvalue weighted by atomic mass is 79.9. The molecule has 0 radical (unpaired) electrons. The number of amides is 1. The number of nitrogens with zero attached hydrogens (tertiary/aromatic N) is 2. The fourth-order valence-corrected chi connectivity index (χ4v) is 5.05. The second-order valence-corrected chi connectivity index (χ2v) is 9.80. The van der Waals surface area contributed by atoms with E-state index in [-0.39, 0.29) is 11.7 Å². The normalized spacial score (nSPS) is 15.5. The van der Waals surface area contributed by atoms with Crippen molar-refractivity contribution in [1.82, 2.24) is 4.90 Å². The first kappa shape index (κ1) is 25.5. The van der Waals surface area contributed by atoms with Crippen molar-refractivity contribution in [3.8, 4) is 11.5 Å². The lowest BCUT2D eigenvalue weighted by atomic mass is 10.1. The van der Waals surface area contributed by atoms with E-state index >= 15 is 0 Å². The number of benzene rings is 3. The summed E-state index contributed by atoms with van der Waals surface area (Å²) in [6, 6.07) is 21.0. The molecule has 1 N–H and O–H groups in total. The lowest BCUT2D eigenvalue weighted by Crippen LogP contribution is -2.28. The number of amidine groups is 1. The highest BCUT2D eigenvalue weighted by Gasteiger charge is 2.33. The van der Waals surface area contributed by atoms with Crippen LogP contribution >= 0.6 is 27.7 Å². The number of carboxylic acid groups (broad SMARTS) is 1. The van der Waals surface area contributed by atoms with Crippen molar-refractivity contribution < 1.29 is 24.2 Å². The van der Waals surface area contributed by atoms with Gasteiger partial charge in [0.25, 0.3) is 5.91 Å². The summed E-state index contributed by atoms with van der Waals surface area (Å²) in [6.45, 7) is 1.90. The summed E-state index contributed by atoms with van der Waals surface area (Å²) in [5, 5.41) is 9.52. The summed E-state index contributed by atoms with van der Waals surface area (Å²) in [5.74, 6) is -0.625. The number of rotatable bonds is 8. The van der Waals surface area contributed by atoms with Crippen LogP contribution in [0.25, 0.3) is 6.08 Å². The summed E-state index contributed by atoms with van der Waals surface area (Å²) < 4.78 is 11.3. The number of carbonyl (C=O) groups is 2. The van der Waals surface area contributed by atoms with Crippen LogP contribution < -0.4 is 9.47 Å². The fraction of sp³-hybridized carbons (Fsp3) is 0.148. The average Bonchev–Trinajstić information content (AvgIpc) is 3.13. The zero-order valence-corrected chi connectivity index (χ0v) is 22.0. The molecule has 3 aromatic carbocycles. The molecule has 0 atom stereocenters. The molecule has 1 fully saturated rings. The Kier molecular flexibility index (Phi) is 8.12. The number of carboxylic acids is 1. The second-order valence-electron chi connectivity index (χ2n) is 7.93. The molecular weight excluding hydrogens is 544 g/mol. The molecule has 7 nitrogen and oxygen atoms in total. The van der Waals surface area contributed by atoms with E-state index in [0.717, 1.165) is 16.8 Å². The van der Waals surface area contributed by atoms with E-state index in [1.54, 1.807) is 23.1 Å². The summed E-state index contributed by atoms with van der Waals surface area (Å²) in [4.78, 5) is 31.3. The highest BCUT2D eigenvalue weighted by molar-refractivity contribution is 9.10. The van der Waals surface area contributed by atoms with Crippen LogP contribution in [0, 0.1) is 6.92 Å². The summed E-state index contributed by atoms with van der Waals surface area (Å²) in [5.41, 5.74) is 3.58. The number of methoxy groups -OCH3 is 1. The van der Waals surface area contributed by atoms with Crippen LogP contribution in [0.1, 0.15) is 16.7 Å². The van der Waals surface area contributed by atoms with Crippen molar-refractivity contribution in [1.29, 1.82) is 0 Å². The molecule has 0 saturated carbocycles. The Morgan fingerprint density at radius 2 is 1.86 bits per heavy atom. The van der Waals surface area contributed by atoms with Gasteiger partial charge in [-0.15, -0.1) is 0 Å². The molecule has 9 heteroatoms. The number of ether oxygens (including phenoxy) is 2. The standard InChI is InChI=1S/C27H23BrN2O5S/c1-17-8-10-20(11-9-17)29-27-30(15-18-6-4-3-5-7-18)26(33)23(36-27)14-19-12-21(28)25(22(13-19)34-2)35-16-24(31)32/h3-14H,15-16H2,1-2H3,(H,31,32). The predicted molar refractivity (Wildman–Crippen MR) is 145 cm³/mol. The van der Waals surface area contributed by atoms with E-state index in [2.05, 4.69) is 15.9 Å². The molecule has 0 bridgehead atoms. The first-order chi connectivity index (χ1) is 17.3. The second kappa shape index (κ2) is 11.5. The van der Waals surface area contributed by atoms with Gasteiger partial charge < -0.3 is 14.6 Å². The van der Waals surface area contributed by atoms with Crippen LogP contribution in [0.2, 0.25) is 0 Å². The third-order valence-corrected chi connectivity index (χ3v) is 6.82. The van der Waals surface area contributed by atoms with Crippen molar-refractivity contribution >= 4 is 56.5 Å². The van der Waals surface area contributed by atoms with E-state index in [9.17, 15) is 9.59 Å². The lowest BCUT2D eigenvalue weighted by molar-refractivity contribution is -0.139. The van der Waals surface area contributed by atoms with Gasteiger partial charge in [-0.25, -0.2) is 9.79 Å². The van der Waals surface area contributed by atoms with Crippen molar-refractivity contribution in [2.24, 2.45) is 4.99 Å². The first-order valence-electron chi connectivity index (χ1n) is 11.0. The molecule has 1 amide bonds. The molecule has 0 unspecified atom stereocenters. The molecule has 3 aromatic rings. The number of aliphatic carboxylic acids is 1. The molecule has 0 aliphatic carbocycles. The summed E-state index contributed by atoms with van der Waals surface area (Å²) in [6.07, 6.45) is 1.76. The molecule has 36 heavy (non-hydrogen) atoms. The van der Waals surface area contributed by atoms with E-state index in [1.165, 1.54) is 18.9 Å². The topological polar surface area (TPSA) is 88.4 Å². The Bertz CT molecular complexity index is 1340. The lowest BCUT2D eigenvalue weighted by Gasteiger charge is -2.15. The van der Waals surface area contributed by atoms with Gasteiger partial charge in [0.2, 0.25) is 0 Å². The number of carbonyl (C=O) groups excluding carboxylic acids is 1. The minimum Gasteiger partial charge on any atom is -0.493 e. The first-order valence-corrected chi connectivity index (χ1v) is 12.6. The van der Waals surface area contributed by atoms with Gasteiger partial charge in [0.05, 0.1) is 28.7 Å². The molecule has 1 saturated heterocycles. The molecule has 1 aliphatic rings. The predicted octanol–water partition coefficient (Wildman–Crippen LogP) is 6.03. The molecule has 184 valence electrons. The third-order valence-electron chi connectivity index (χ3n) is 5.22. The zero-order valence-electron chi connectivity index (χ0n) is 19.6. The van der Waals surface area contributed by atoms with E-state index in [4.69, 9.17) is 19.6 Å². The Morgan fingerprint density at radius 1 is 1.14 bits per heavy atom. The number of hydrogen-bond donors (Lipinski definition) is 1. The van der Waals surface area contributed by atoms with E-state index < -0.39 is 12.6 Å². The maximum atomic E-state index is 13.5. The molecule has 4 rings (SSSR count). The van der Waals surface area contributed by atoms with Gasteiger partial charge in [-0.1, -0.05) is 48.0 Å². The highest BCUT2D eigenvalue weighted by Crippen LogP contribution is 2.40. The zero-order chi connectivity index (χ0) is 25.7. The van der Waals surface area contributed by atoms with Gasteiger partial charge in [-0.2, -0.15) is 0 Å². The van der Waals surface area contributed by atoms with E-state index in [0.29, 0.717) is 32.4 Å². The molecule has 1 aliphatic heterocycles. The SMILES string of the molecule is COc1cc(C=C2SC(=Nc3ccc(C)cc3)N(Cc3ccccc3)C2=O)cc(Br)c1OCC(=O)O. The van der Waals surface area contributed by atoms with Crippen molar-refractivity contribution in [3.05, 3.63) is 92.8 Å². The van der Waals surface area contributed by atoms with Crippen LogP contribution in [-0.2, 0) is 16.1 Å². The average molecular weight is 567 g/mol. The Morgan fingerprint density at radius 3 is 2.53 bits per heavy atom. The number of halogens is 1. The third kappa shape index (κ3) is 6.16. The van der Waals surface area contributed by atoms with Crippen LogP contribution in [0.5, 0.6) is 11.5 Å². The van der Waals surface area contributed by atoms with Gasteiger partial charge in [0, 0.05) is 0 Å². The van der Waals surface area contributed by atoms with Crippen molar-refractivity contribution in [2.75, 3.05) is 13.7 Å².